The predicted octanol–water partition coefficient (Wildman–Crippen LogP) is 3.77. The Balaban J connectivity index is 2.36. The first-order valence-corrected chi connectivity index (χ1v) is 7.99. The number of anilines is 1. The third-order valence-electron chi connectivity index (χ3n) is 3.09. The molecule has 0 atom stereocenters. The highest BCUT2D eigenvalue weighted by atomic mass is 79.9. The second-order valence-corrected chi connectivity index (χ2v) is 6.16. The van der Waals surface area contributed by atoms with E-state index in [9.17, 15) is 4.39 Å². The third kappa shape index (κ3) is 3.36. The van der Waals surface area contributed by atoms with Gasteiger partial charge in [0.25, 0.3) is 0 Å². The summed E-state index contributed by atoms with van der Waals surface area (Å²) in [6.45, 7) is 3.28. The molecule has 0 fully saturated rings. The van der Waals surface area contributed by atoms with E-state index in [0.717, 1.165) is 4.88 Å². The first kappa shape index (κ1) is 15.8. The number of nitrogens with zero attached hydrogens (tertiary/aromatic N) is 2. The molecule has 2 aromatic rings. The van der Waals surface area contributed by atoms with E-state index in [1.165, 1.54) is 0 Å². The first-order valence-electron chi connectivity index (χ1n) is 6.31. The van der Waals surface area contributed by atoms with Crippen LogP contribution in [0.4, 0.5) is 10.1 Å². The molecule has 0 radical (unpaired) electrons. The number of benzene rings is 1. The molecule has 0 saturated carbocycles. The van der Waals surface area contributed by atoms with Gasteiger partial charge in [0.05, 0.1) is 16.7 Å². The Labute approximate surface area is 134 Å². The summed E-state index contributed by atoms with van der Waals surface area (Å²) in [6.07, 6.45) is 0. The number of thiophene rings is 1. The van der Waals surface area contributed by atoms with Gasteiger partial charge in [-0.05, 0) is 46.4 Å². The molecular weight excluding hydrogens is 357 g/mol. The molecule has 112 valence electrons. The molecule has 7 heteroatoms. The third-order valence-corrected chi connectivity index (χ3v) is 4.73. The van der Waals surface area contributed by atoms with Gasteiger partial charge in [-0.15, -0.1) is 11.3 Å². The molecule has 0 amide bonds. The van der Waals surface area contributed by atoms with Crippen molar-refractivity contribution < 1.29 is 9.60 Å². The number of nitrogens with two attached hydrogens (primary N) is 1. The highest BCUT2D eigenvalue weighted by molar-refractivity contribution is 9.10. The largest absolute Gasteiger partial charge is 0.409 e. The van der Waals surface area contributed by atoms with E-state index in [1.807, 2.05) is 29.3 Å². The lowest BCUT2D eigenvalue weighted by Gasteiger charge is -2.24. The molecule has 0 saturated heterocycles. The molecule has 1 aromatic carbocycles. The van der Waals surface area contributed by atoms with Crippen molar-refractivity contribution in [3.8, 4) is 0 Å². The average Bonchev–Trinajstić information content (AvgIpc) is 3.00. The maximum absolute atomic E-state index is 14.5. The van der Waals surface area contributed by atoms with Crippen molar-refractivity contribution in [3.05, 3.63) is 50.4 Å². The highest BCUT2D eigenvalue weighted by Crippen LogP contribution is 2.30. The van der Waals surface area contributed by atoms with Crippen LogP contribution < -0.4 is 10.6 Å². The summed E-state index contributed by atoms with van der Waals surface area (Å²) >= 11 is 4.81. The van der Waals surface area contributed by atoms with Crippen molar-refractivity contribution in [2.45, 2.75) is 13.5 Å². The number of oxime groups is 1. The monoisotopic (exact) mass is 371 g/mol. The lowest BCUT2D eigenvalue weighted by molar-refractivity contribution is 0.318. The average molecular weight is 372 g/mol. The minimum absolute atomic E-state index is 0.131. The van der Waals surface area contributed by atoms with Crippen molar-refractivity contribution in [1.82, 2.24) is 0 Å². The van der Waals surface area contributed by atoms with E-state index in [-0.39, 0.29) is 10.3 Å². The van der Waals surface area contributed by atoms with Gasteiger partial charge < -0.3 is 15.8 Å². The van der Waals surface area contributed by atoms with Crippen molar-refractivity contribution in [3.63, 3.8) is 0 Å². The molecule has 2 rings (SSSR count). The van der Waals surface area contributed by atoms with E-state index in [0.29, 0.717) is 24.3 Å². The second-order valence-electron chi connectivity index (χ2n) is 4.34. The summed E-state index contributed by atoms with van der Waals surface area (Å²) in [5, 5.41) is 13.6. The summed E-state index contributed by atoms with van der Waals surface area (Å²) in [7, 11) is 0. The molecule has 1 aromatic heterocycles. The molecule has 0 aliphatic carbocycles. The van der Waals surface area contributed by atoms with E-state index in [1.54, 1.807) is 23.5 Å². The molecule has 0 unspecified atom stereocenters. The van der Waals surface area contributed by atoms with Gasteiger partial charge in [0.15, 0.2) is 11.7 Å². The van der Waals surface area contributed by atoms with E-state index in [4.69, 9.17) is 10.9 Å². The van der Waals surface area contributed by atoms with Crippen LogP contribution in [0.1, 0.15) is 17.4 Å². The van der Waals surface area contributed by atoms with Gasteiger partial charge in [-0.1, -0.05) is 11.2 Å². The Morgan fingerprint density at radius 3 is 2.81 bits per heavy atom. The Morgan fingerprint density at radius 2 is 2.24 bits per heavy atom. The zero-order valence-electron chi connectivity index (χ0n) is 11.4. The van der Waals surface area contributed by atoms with Crippen LogP contribution in [-0.4, -0.2) is 17.6 Å². The molecule has 1 heterocycles. The Kier molecular flexibility index (Phi) is 5.19. The maximum atomic E-state index is 14.5. The van der Waals surface area contributed by atoms with Gasteiger partial charge in [-0.3, -0.25) is 0 Å². The van der Waals surface area contributed by atoms with Gasteiger partial charge in [0, 0.05) is 17.0 Å². The van der Waals surface area contributed by atoms with Crippen LogP contribution in [0.25, 0.3) is 0 Å². The SMILES string of the molecule is CCN(Cc1cccs1)c1ccc(/C(N)=N/O)c(Br)c1F. The molecule has 21 heavy (non-hydrogen) atoms. The normalized spacial score (nSPS) is 11.7. The maximum Gasteiger partial charge on any atom is 0.171 e. The summed E-state index contributed by atoms with van der Waals surface area (Å²) in [5.41, 5.74) is 6.33. The predicted molar refractivity (Wildman–Crippen MR) is 87.7 cm³/mol. The van der Waals surface area contributed by atoms with Crippen LogP contribution in [-0.2, 0) is 6.54 Å². The lowest BCUT2D eigenvalue weighted by Crippen LogP contribution is -2.23. The van der Waals surface area contributed by atoms with Crippen molar-refractivity contribution in [2.24, 2.45) is 10.9 Å². The van der Waals surface area contributed by atoms with Gasteiger partial charge in [0.1, 0.15) is 0 Å². The second kappa shape index (κ2) is 6.91. The van der Waals surface area contributed by atoms with Crippen molar-refractivity contribution in [1.29, 1.82) is 0 Å². The quantitative estimate of drug-likeness (QED) is 0.364. The van der Waals surface area contributed by atoms with Crippen molar-refractivity contribution in [2.75, 3.05) is 11.4 Å². The van der Waals surface area contributed by atoms with Crippen LogP contribution in [0.5, 0.6) is 0 Å². The molecule has 0 aliphatic rings. The van der Waals surface area contributed by atoms with Crippen LogP contribution in [0.2, 0.25) is 0 Å². The van der Waals surface area contributed by atoms with Crippen LogP contribution in [0, 0.1) is 5.82 Å². The molecule has 0 bridgehead atoms. The van der Waals surface area contributed by atoms with Crippen LogP contribution >= 0.6 is 27.3 Å². The van der Waals surface area contributed by atoms with E-state index < -0.39 is 5.82 Å². The Morgan fingerprint density at radius 1 is 1.48 bits per heavy atom. The number of hydrogen-bond donors (Lipinski definition) is 2. The fourth-order valence-electron chi connectivity index (χ4n) is 1.99. The van der Waals surface area contributed by atoms with Crippen LogP contribution in [0.3, 0.4) is 0 Å². The number of rotatable bonds is 5. The summed E-state index contributed by atoms with van der Waals surface area (Å²) in [4.78, 5) is 3.09. The fraction of sp³-hybridized carbons (Fsp3) is 0.214. The fourth-order valence-corrected chi connectivity index (χ4v) is 3.25. The Bertz CT molecular complexity index is 646. The zero-order valence-corrected chi connectivity index (χ0v) is 13.8. The molecule has 0 aliphatic heterocycles. The molecule has 0 spiro atoms. The molecule has 3 N–H and O–H groups in total. The highest BCUT2D eigenvalue weighted by Gasteiger charge is 2.18. The number of hydrogen-bond acceptors (Lipinski definition) is 4. The first-order chi connectivity index (χ1) is 10.1. The van der Waals surface area contributed by atoms with Crippen molar-refractivity contribution >= 4 is 38.8 Å². The summed E-state index contributed by atoms with van der Waals surface area (Å²) in [5.74, 6) is -0.550. The minimum atomic E-state index is -0.419. The van der Waals surface area contributed by atoms with Gasteiger partial charge in [-0.25, -0.2) is 4.39 Å². The summed E-state index contributed by atoms with van der Waals surface area (Å²) in [6, 6.07) is 7.27. The smallest absolute Gasteiger partial charge is 0.171 e. The lowest BCUT2D eigenvalue weighted by atomic mass is 10.1. The molecule has 4 nitrogen and oxygen atoms in total. The zero-order chi connectivity index (χ0) is 15.4. The van der Waals surface area contributed by atoms with Gasteiger partial charge >= 0.3 is 0 Å². The minimum Gasteiger partial charge on any atom is -0.409 e. The van der Waals surface area contributed by atoms with E-state index >= 15 is 0 Å². The Hall–Kier alpha value is -1.60. The number of halogens is 2. The van der Waals surface area contributed by atoms with Gasteiger partial charge in [0.2, 0.25) is 0 Å². The van der Waals surface area contributed by atoms with E-state index in [2.05, 4.69) is 21.1 Å². The summed E-state index contributed by atoms with van der Waals surface area (Å²) < 4.78 is 14.7. The standard InChI is InChI=1S/C14H15BrFN3OS/c1-2-19(8-9-4-3-7-21-9)11-6-5-10(14(17)18-20)12(15)13(11)16/h3-7,20H,2,8H2,1H3,(H2,17,18). The topological polar surface area (TPSA) is 61.8 Å². The molecular formula is C14H15BrFN3OS. The van der Waals surface area contributed by atoms with Gasteiger partial charge in [-0.2, -0.15) is 0 Å². The van der Waals surface area contributed by atoms with Crippen LogP contribution in [0.15, 0.2) is 39.3 Å². The number of amidine groups is 1.